The molecule has 0 radical (unpaired) electrons. The van der Waals surface area contributed by atoms with Crippen LogP contribution in [-0.2, 0) is 57.3 Å². The molecule has 0 aromatic carbocycles. The number of thioether (sulfide) groups is 2. The monoisotopic (exact) mass is 1470 g/mol. The van der Waals surface area contributed by atoms with E-state index >= 15 is 0 Å². The average Bonchev–Trinajstić information content (AvgIpc) is 0.845. The quantitative estimate of drug-likeness (QED) is 0.0251. The number of carbonyl (C=O) groups excluding carboxylic acids is 8. The van der Waals surface area contributed by atoms with Gasteiger partial charge in [-0.3, -0.25) is 38.4 Å². The third kappa shape index (κ3) is 64.1. The summed E-state index contributed by atoms with van der Waals surface area (Å²) in [6.07, 6.45) is 68.5. The van der Waals surface area contributed by atoms with Crippen molar-refractivity contribution in [2.75, 3.05) is 77.2 Å². The van der Waals surface area contributed by atoms with E-state index in [0.29, 0.717) is 64.0 Å². The highest BCUT2D eigenvalue weighted by Gasteiger charge is 2.34. The summed E-state index contributed by atoms with van der Waals surface area (Å²) in [5.41, 5.74) is 0. The van der Waals surface area contributed by atoms with Crippen LogP contribution in [0.15, 0.2) is 48.6 Å². The van der Waals surface area contributed by atoms with Crippen molar-refractivity contribution in [2.45, 2.75) is 361 Å². The molecular weight excluding hydrogens is 1320 g/mol. The Balaban J connectivity index is 2.61. The van der Waals surface area contributed by atoms with Crippen LogP contribution in [0, 0.1) is 0 Å². The van der Waals surface area contributed by atoms with E-state index < -0.39 is 23.9 Å². The Labute approximate surface area is 630 Å². The molecule has 0 aliphatic carbocycles. The number of nitrogens with one attached hydrogen (secondary N) is 2. The molecule has 0 saturated carbocycles. The van der Waals surface area contributed by atoms with E-state index in [1.165, 1.54) is 193 Å². The summed E-state index contributed by atoms with van der Waals surface area (Å²) >= 11 is 2.23. The number of nitrogens with zero attached hydrogens (tertiary/aromatic N) is 2. The highest BCUT2D eigenvalue weighted by molar-refractivity contribution is 8.13. The van der Waals surface area contributed by atoms with Gasteiger partial charge in [0.05, 0.1) is 38.9 Å². The third-order valence-electron chi connectivity index (χ3n) is 18.7. The van der Waals surface area contributed by atoms with Crippen LogP contribution in [0.3, 0.4) is 0 Å². The molecule has 0 aromatic heterocycles. The van der Waals surface area contributed by atoms with Crippen molar-refractivity contribution < 1.29 is 57.3 Å². The van der Waals surface area contributed by atoms with Gasteiger partial charge >= 0.3 is 23.9 Å². The van der Waals surface area contributed by atoms with Crippen LogP contribution in [0.1, 0.15) is 349 Å². The lowest BCUT2D eigenvalue weighted by atomic mass is 10.0. The molecule has 0 spiro atoms. The second-order valence-electron chi connectivity index (χ2n) is 28.1. The third-order valence-corrected chi connectivity index (χ3v) is 20.5. The van der Waals surface area contributed by atoms with Crippen molar-refractivity contribution in [3.8, 4) is 0 Å². The molecule has 1 heterocycles. The van der Waals surface area contributed by atoms with Gasteiger partial charge in [-0.05, 0) is 103 Å². The number of piperazine rings is 1. The molecule has 18 heteroatoms. The Hall–Kier alpha value is -4.26. The van der Waals surface area contributed by atoms with Gasteiger partial charge in [-0.1, -0.05) is 280 Å². The van der Waals surface area contributed by atoms with Gasteiger partial charge in [0.1, 0.15) is 25.3 Å². The van der Waals surface area contributed by atoms with E-state index in [1.54, 1.807) is 0 Å². The summed E-state index contributed by atoms with van der Waals surface area (Å²) in [4.78, 5) is 108. The Kier molecular flexibility index (Phi) is 69.1. The van der Waals surface area contributed by atoms with Crippen molar-refractivity contribution in [1.82, 2.24) is 20.4 Å². The van der Waals surface area contributed by atoms with Crippen LogP contribution in [0.25, 0.3) is 0 Å². The molecule has 1 rings (SSSR count). The van der Waals surface area contributed by atoms with Crippen LogP contribution >= 0.6 is 23.5 Å². The summed E-state index contributed by atoms with van der Waals surface area (Å²) in [5.74, 6) is -1.28. The van der Waals surface area contributed by atoms with E-state index in [1.807, 2.05) is 22.0 Å². The van der Waals surface area contributed by atoms with Gasteiger partial charge in [-0.25, -0.2) is 0 Å². The fraction of sp³-hybridized carbons (Fsp3) is 0.810. The first-order valence-corrected chi connectivity index (χ1v) is 43.5. The number of amides is 2. The van der Waals surface area contributed by atoms with Gasteiger partial charge in [-0.15, -0.1) is 0 Å². The Morgan fingerprint density at radius 1 is 0.314 bits per heavy atom. The summed E-state index contributed by atoms with van der Waals surface area (Å²) in [6.45, 7) is 12.4. The molecular formula is C84H148N4O12S2. The molecule has 16 nitrogen and oxygen atoms in total. The van der Waals surface area contributed by atoms with Crippen molar-refractivity contribution in [2.24, 2.45) is 0 Å². The second kappa shape index (κ2) is 73.6. The maximum atomic E-state index is 13.3. The van der Waals surface area contributed by atoms with Crippen molar-refractivity contribution >= 4 is 69.4 Å². The zero-order valence-electron chi connectivity index (χ0n) is 65.2. The number of rotatable bonds is 74. The summed E-state index contributed by atoms with van der Waals surface area (Å²) in [6, 6.07) is -1.80. The van der Waals surface area contributed by atoms with Crippen molar-refractivity contribution in [1.29, 1.82) is 0 Å². The van der Waals surface area contributed by atoms with Crippen molar-refractivity contribution in [3.63, 3.8) is 0 Å². The lowest BCUT2D eigenvalue weighted by Gasteiger charge is -2.29. The lowest BCUT2D eigenvalue weighted by Crippen LogP contribution is -2.61. The fourth-order valence-electron chi connectivity index (χ4n) is 12.1. The molecule has 102 heavy (non-hydrogen) atoms. The molecule has 588 valence electrons. The fourth-order valence-corrected chi connectivity index (χ4v) is 13.8. The number of unbranched alkanes of at least 4 members (excludes halogenated alkanes) is 36. The summed E-state index contributed by atoms with van der Waals surface area (Å²) < 4.78 is 22.2. The number of hydrogen-bond donors (Lipinski definition) is 2. The molecule has 1 fully saturated rings. The standard InChI is InChI=1S/C84H148N4O12S2/c1-5-9-13-17-21-25-27-29-31-33-35-37-41-45-49-53-71-99-79(91)61-65-87(63-59-77(89)97-69-51-47-43-39-23-19-15-11-7-3)67-73-101-81(93)57-55-75-83(95)86-76(84(96)85-75)56-58-82(94)102-74-68-88(64-60-78(90)98-70-52-48-44-40-24-20-16-12-8-4)66-62-80(92)100-72-54-50-46-42-38-36-34-32-30-28-26-22-18-14-10-6-2/h29-32,47-48,51-52,75-76H,5-28,33-46,49-50,53-74H2,1-4H3,(H,85,96)(H,86,95)/b31-29-,32-30-,51-47-,52-48-. The van der Waals surface area contributed by atoms with E-state index in [9.17, 15) is 38.4 Å². The predicted octanol–water partition coefficient (Wildman–Crippen LogP) is 20.1. The number of carbonyl (C=O) groups is 8. The van der Waals surface area contributed by atoms with Gasteiger partial charge < -0.3 is 39.4 Å². The molecule has 0 aromatic rings. The molecule has 1 saturated heterocycles. The maximum absolute atomic E-state index is 13.3. The first-order chi connectivity index (χ1) is 49.9. The highest BCUT2D eigenvalue weighted by atomic mass is 32.2. The predicted molar refractivity (Wildman–Crippen MR) is 426 cm³/mol. The molecule has 0 bridgehead atoms. The topological polar surface area (TPSA) is 204 Å². The minimum absolute atomic E-state index is 0.0405. The molecule has 2 atom stereocenters. The van der Waals surface area contributed by atoms with E-state index in [-0.39, 0.29) is 98.7 Å². The van der Waals surface area contributed by atoms with Crippen LogP contribution in [0.2, 0.25) is 0 Å². The average molecular weight is 1470 g/mol. The van der Waals surface area contributed by atoms with Gasteiger partial charge in [-0.2, -0.15) is 0 Å². The molecule has 2 unspecified atom stereocenters. The van der Waals surface area contributed by atoms with Crippen molar-refractivity contribution in [3.05, 3.63) is 48.6 Å². The Bertz CT molecular complexity index is 2060. The van der Waals surface area contributed by atoms with Gasteiger partial charge in [0.25, 0.3) is 0 Å². The SMILES string of the molecule is CCCCCCCC/C=C\CCCCCCCCOC(=O)CCN(CCSC(=O)CCC1NC(=O)C(CCC(=O)SCCN(CCC(=O)OC/C=C\CCCCCCCC)CCC(=O)OCCCCCCCC/C=C\CCCCCCCC)NC1=O)CCC(=O)OC/C=C\CCCCCCCC. The smallest absolute Gasteiger partial charge is 0.307 e. The van der Waals surface area contributed by atoms with Crippen LogP contribution in [-0.4, -0.2) is 145 Å². The Morgan fingerprint density at radius 3 is 0.843 bits per heavy atom. The number of ether oxygens (including phenoxy) is 4. The first kappa shape index (κ1) is 95.8. The summed E-state index contributed by atoms with van der Waals surface area (Å²) in [5, 5.41) is 5.22. The van der Waals surface area contributed by atoms with E-state index in [2.05, 4.69) is 74.8 Å². The minimum Gasteiger partial charge on any atom is -0.466 e. The van der Waals surface area contributed by atoms with Crippen LogP contribution in [0.5, 0.6) is 0 Å². The molecule has 1 aliphatic heterocycles. The van der Waals surface area contributed by atoms with E-state index in [4.69, 9.17) is 18.9 Å². The summed E-state index contributed by atoms with van der Waals surface area (Å²) in [7, 11) is 0. The molecule has 2 amide bonds. The number of hydrogen-bond acceptors (Lipinski definition) is 16. The normalized spacial score (nSPS) is 14.1. The number of esters is 4. The minimum atomic E-state index is -0.900. The van der Waals surface area contributed by atoms with Gasteiger partial charge in [0.15, 0.2) is 10.2 Å². The molecule has 2 N–H and O–H groups in total. The first-order valence-electron chi connectivity index (χ1n) is 41.5. The second-order valence-corrected chi connectivity index (χ2v) is 30.4. The zero-order valence-corrected chi connectivity index (χ0v) is 66.9. The van der Waals surface area contributed by atoms with E-state index in [0.717, 1.165) is 101 Å². The Morgan fingerprint density at radius 2 is 0.559 bits per heavy atom. The van der Waals surface area contributed by atoms with Crippen LogP contribution < -0.4 is 10.6 Å². The highest BCUT2D eigenvalue weighted by Crippen LogP contribution is 2.19. The van der Waals surface area contributed by atoms with Crippen LogP contribution in [0.4, 0.5) is 0 Å². The van der Waals surface area contributed by atoms with Gasteiger partial charge in [0.2, 0.25) is 11.8 Å². The van der Waals surface area contributed by atoms with Gasteiger partial charge in [0, 0.05) is 63.6 Å². The molecule has 1 aliphatic rings. The maximum Gasteiger partial charge on any atom is 0.307 e. The number of allylic oxidation sites excluding steroid dienone is 6. The lowest BCUT2D eigenvalue weighted by molar-refractivity contribution is -0.145. The zero-order chi connectivity index (χ0) is 74.1. The largest absolute Gasteiger partial charge is 0.466 e.